The Hall–Kier alpha value is -2.91. The number of ether oxygens (including phenoxy) is 3. The van der Waals surface area contributed by atoms with Crippen molar-refractivity contribution in [3.63, 3.8) is 0 Å². The molecule has 0 spiro atoms. The average molecular weight is 315 g/mol. The third-order valence-electron chi connectivity index (χ3n) is 3.12. The van der Waals surface area contributed by atoms with Crippen LogP contribution in [0.4, 0.5) is 5.69 Å². The second-order valence-corrected chi connectivity index (χ2v) is 4.42. The largest absolute Gasteiger partial charge is 0.497 e. The molecule has 4 N–H and O–H groups in total. The maximum absolute atomic E-state index is 8.55. The van der Waals surface area contributed by atoms with Gasteiger partial charge in [-0.3, -0.25) is 0 Å². The number of nitrogen functional groups attached to an aromatic ring is 1. The van der Waals surface area contributed by atoms with Gasteiger partial charge in [-0.15, -0.1) is 0 Å². The number of rotatable bonds is 4. The zero-order valence-electron chi connectivity index (χ0n) is 13.5. The number of hydrogen-bond acceptors (Lipinski definition) is 6. The van der Waals surface area contributed by atoms with Crippen LogP contribution in [0.15, 0.2) is 36.4 Å². The molecular weight excluding hydrogens is 294 g/mol. The Labute approximate surface area is 136 Å². The summed E-state index contributed by atoms with van der Waals surface area (Å²) < 4.78 is 15.1. The van der Waals surface area contributed by atoms with Gasteiger partial charge in [0, 0.05) is 18.2 Å². The Morgan fingerprint density at radius 1 is 1.00 bits per heavy atom. The van der Waals surface area contributed by atoms with Crippen LogP contribution in [0.2, 0.25) is 0 Å². The SMILES string of the molecule is COc1ccc(CN)c(OC)c1.COc1cccc(C#N)c1N. The van der Waals surface area contributed by atoms with E-state index in [1.165, 1.54) is 7.11 Å². The van der Waals surface area contributed by atoms with E-state index in [9.17, 15) is 0 Å². The smallest absolute Gasteiger partial charge is 0.143 e. The second-order valence-electron chi connectivity index (χ2n) is 4.42. The Bertz CT molecular complexity index is 681. The molecule has 0 fully saturated rings. The summed E-state index contributed by atoms with van der Waals surface area (Å²) in [5, 5.41) is 8.55. The molecule has 0 amide bonds. The van der Waals surface area contributed by atoms with E-state index in [1.54, 1.807) is 32.4 Å². The Morgan fingerprint density at radius 3 is 2.22 bits per heavy atom. The van der Waals surface area contributed by atoms with Crippen molar-refractivity contribution in [1.82, 2.24) is 0 Å². The van der Waals surface area contributed by atoms with Crippen molar-refractivity contribution in [2.75, 3.05) is 27.1 Å². The minimum Gasteiger partial charge on any atom is -0.497 e. The summed E-state index contributed by atoms with van der Waals surface area (Å²) in [7, 11) is 4.76. The number of benzene rings is 2. The number of methoxy groups -OCH3 is 3. The van der Waals surface area contributed by atoms with Crippen LogP contribution in [0, 0.1) is 11.3 Å². The molecule has 0 aliphatic carbocycles. The molecule has 6 heteroatoms. The third kappa shape index (κ3) is 4.80. The van der Waals surface area contributed by atoms with Gasteiger partial charge in [0.05, 0.1) is 32.6 Å². The maximum Gasteiger partial charge on any atom is 0.143 e. The summed E-state index contributed by atoms with van der Waals surface area (Å²) in [6.45, 7) is 0.479. The molecule has 0 aliphatic rings. The minimum atomic E-state index is 0.400. The minimum absolute atomic E-state index is 0.400. The highest BCUT2D eigenvalue weighted by Gasteiger charge is 2.02. The van der Waals surface area contributed by atoms with E-state index in [0.717, 1.165) is 17.1 Å². The quantitative estimate of drug-likeness (QED) is 0.839. The Kier molecular flexibility index (Phi) is 7.24. The van der Waals surface area contributed by atoms with Crippen LogP contribution < -0.4 is 25.7 Å². The summed E-state index contributed by atoms with van der Waals surface area (Å²) in [5.41, 5.74) is 12.9. The molecular formula is C17H21N3O3. The number of para-hydroxylation sites is 1. The van der Waals surface area contributed by atoms with Crippen LogP contribution in [0.25, 0.3) is 0 Å². The van der Waals surface area contributed by atoms with Gasteiger partial charge >= 0.3 is 0 Å². The van der Waals surface area contributed by atoms with E-state index >= 15 is 0 Å². The average Bonchev–Trinajstić information content (AvgIpc) is 2.61. The first-order valence-electron chi connectivity index (χ1n) is 6.84. The van der Waals surface area contributed by atoms with Crippen LogP contribution in [-0.4, -0.2) is 21.3 Å². The normalized spacial score (nSPS) is 9.17. The molecule has 2 aromatic carbocycles. The van der Waals surface area contributed by atoms with Gasteiger partial charge in [0.25, 0.3) is 0 Å². The molecule has 0 saturated heterocycles. The fourth-order valence-electron chi connectivity index (χ4n) is 1.84. The predicted molar refractivity (Wildman–Crippen MR) is 89.6 cm³/mol. The van der Waals surface area contributed by atoms with Gasteiger partial charge in [-0.2, -0.15) is 5.26 Å². The van der Waals surface area contributed by atoms with E-state index < -0.39 is 0 Å². The van der Waals surface area contributed by atoms with Gasteiger partial charge < -0.3 is 25.7 Å². The van der Waals surface area contributed by atoms with E-state index in [1.807, 2.05) is 24.3 Å². The van der Waals surface area contributed by atoms with Gasteiger partial charge in [0.2, 0.25) is 0 Å². The monoisotopic (exact) mass is 315 g/mol. The van der Waals surface area contributed by atoms with Crippen LogP contribution in [0.1, 0.15) is 11.1 Å². The fraction of sp³-hybridized carbons (Fsp3) is 0.235. The molecule has 0 radical (unpaired) electrons. The van der Waals surface area contributed by atoms with Gasteiger partial charge in [-0.25, -0.2) is 0 Å². The van der Waals surface area contributed by atoms with Crippen LogP contribution >= 0.6 is 0 Å². The zero-order valence-corrected chi connectivity index (χ0v) is 13.5. The van der Waals surface area contributed by atoms with E-state index in [0.29, 0.717) is 23.5 Å². The molecule has 23 heavy (non-hydrogen) atoms. The highest BCUT2D eigenvalue weighted by atomic mass is 16.5. The Morgan fingerprint density at radius 2 is 1.70 bits per heavy atom. The molecule has 0 atom stereocenters. The fourth-order valence-corrected chi connectivity index (χ4v) is 1.84. The van der Waals surface area contributed by atoms with E-state index in [-0.39, 0.29) is 0 Å². The van der Waals surface area contributed by atoms with Gasteiger partial charge in [0.15, 0.2) is 0 Å². The van der Waals surface area contributed by atoms with Gasteiger partial charge in [-0.1, -0.05) is 12.1 Å². The lowest BCUT2D eigenvalue weighted by molar-refractivity contribution is 0.391. The van der Waals surface area contributed by atoms with Crippen molar-refractivity contribution < 1.29 is 14.2 Å². The van der Waals surface area contributed by atoms with E-state index in [4.69, 9.17) is 30.9 Å². The lowest BCUT2D eigenvalue weighted by atomic mass is 10.2. The number of nitrogens with two attached hydrogens (primary N) is 2. The highest BCUT2D eigenvalue weighted by molar-refractivity contribution is 5.62. The van der Waals surface area contributed by atoms with Crippen molar-refractivity contribution in [1.29, 1.82) is 5.26 Å². The van der Waals surface area contributed by atoms with Crippen molar-refractivity contribution in [2.45, 2.75) is 6.54 Å². The summed E-state index contributed by atoms with van der Waals surface area (Å²) >= 11 is 0. The lowest BCUT2D eigenvalue weighted by Gasteiger charge is -2.07. The molecule has 122 valence electrons. The lowest BCUT2D eigenvalue weighted by Crippen LogP contribution is -1.99. The predicted octanol–water partition coefficient (Wildman–Crippen LogP) is 2.31. The first-order chi connectivity index (χ1) is 11.1. The van der Waals surface area contributed by atoms with E-state index in [2.05, 4.69) is 0 Å². The van der Waals surface area contributed by atoms with Crippen molar-refractivity contribution in [3.05, 3.63) is 47.5 Å². The van der Waals surface area contributed by atoms with Crippen LogP contribution in [0.5, 0.6) is 17.2 Å². The molecule has 0 saturated carbocycles. The third-order valence-corrected chi connectivity index (χ3v) is 3.12. The summed E-state index contributed by atoms with van der Waals surface area (Å²) in [6.07, 6.45) is 0. The Balaban J connectivity index is 0.000000231. The zero-order chi connectivity index (χ0) is 17.2. The van der Waals surface area contributed by atoms with Crippen LogP contribution in [0.3, 0.4) is 0 Å². The number of anilines is 1. The molecule has 0 aliphatic heterocycles. The summed E-state index contributed by atoms with van der Waals surface area (Å²) in [5.74, 6) is 2.10. The molecule has 2 aromatic rings. The molecule has 6 nitrogen and oxygen atoms in total. The standard InChI is InChI=1S/C9H13NO2.C8H8N2O/c1-11-8-4-3-7(6-10)9(5-8)12-2;1-11-7-4-2-3-6(5-9)8(7)10/h3-5H,6,10H2,1-2H3;2-4H,10H2,1H3. The molecule has 0 unspecified atom stereocenters. The topological polar surface area (TPSA) is 104 Å². The second kappa shape index (κ2) is 9.18. The highest BCUT2D eigenvalue weighted by Crippen LogP contribution is 2.24. The first-order valence-corrected chi connectivity index (χ1v) is 6.84. The van der Waals surface area contributed by atoms with Gasteiger partial charge in [-0.05, 0) is 18.2 Å². The van der Waals surface area contributed by atoms with Crippen molar-refractivity contribution in [2.24, 2.45) is 5.73 Å². The summed E-state index contributed by atoms with van der Waals surface area (Å²) in [4.78, 5) is 0. The number of hydrogen-bond donors (Lipinski definition) is 2. The molecule has 0 bridgehead atoms. The number of nitrogens with zero attached hydrogens (tertiary/aromatic N) is 1. The molecule has 0 aromatic heterocycles. The maximum atomic E-state index is 8.55. The van der Waals surface area contributed by atoms with Gasteiger partial charge in [0.1, 0.15) is 23.3 Å². The van der Waals surface area contributed by atoms with Crippen LogP contribution in [-0.2, 0) is 6.54 Å². The number of nitriles is 1. The first kappa shape index (κ1) is 18.1. The molecule has 2 rings (SSSR count). The van der Waals surface area contributed by atoms with Crippen molar-refractivity contribution >= 4 is 5.69 Å². The molecule has 0 heterocycles. The van der Waals surface area contributed by atoms with Crippen molar-refractivity contribution in [3.8, 4) is 23.3 Å². The summed E-state index contributed by atoms with van der Waals surface area (Å²) in [6, 6.07) is 12.7.